The number of ether oxygens (including phenoxy) is 2. The SMILES string of the molecule is CCCOC(C1OC2SC(=NC)NC2C(O)C1O)C(F)(F)F. The molecular weight excluding hydrogens is 325 g/mol. The van der Waals surface area contributed by atoms with Crippen LogP contribution in [0, 0.1) is 0 Å². The summed E-state index contributed by atoms with van der Waals surface area (Å²) in [7, 11) is 1.51. The van der Waals surface area contributed by atoms with Gasteiger partial charge in [0, 0.05) is 13.7 Å². The summed E-state index contributed by atoms with van der Waals surface area (Å²) in [6, 6.07) is -0.713. The average Bonchev–Trinajstić information content (AvgIpc) is 2.86. The monoisotopic (exact) mass is 344 g/mol. The summed E-state index contributed by atoms with van der Waals surface area (Å²) in [5, 5.41) is 23.4. The second kappa shape index (κ2) is 6.91. The van der Waals surface area contributed by atoms with Gasteiger partial charge in [-0.25, -0.2) is 0 Å². The van der Waals surface area contributed by atoms with Gasteiger partial charge in [0.25, 0.3) is 0 Å². The number of aliphatic hydroxyl groups excluding tert-OH is 2. The van der Waals surface area contributed by atoms with Crippen LogP contribution in [0.25, 0.3) is 0 Å². The van der Waals surface area contributed by atoms with E-state index in [1.165, 1.54) is 7.05 Å². The molecule has 3 N–H and O–H groups in total. The Hall–Kier alpha value is -0.550. The number of nitrogens with one attached hydrogen (secondary N) is 1. The van der Waals surface area contributed by atoms with E-state index in [0.29, 0.717) is 11.6 Å². The third kappa shape index (κ3) is 3.51. The third-order valence-corrected chi connectivity index (χ3v) is 4.64. The maximum Gasteiger partial charge on any atom is 0.417 e. The van der Waals surface area contributed by atoms with Crippen molar-refractivity contribution in [1.29, 1.82) is 0 Å². The fourth-order valence-electron chi connectivity index (χ4n) is 2.42. The number of hydrogen-bond donors (Lipinski definition) is 3. The Morgan fingerprint density at radius 2 is 2.09 bits per heavy atom. The number of hydrogen-bond acceptors (Lipinski definition) is 6. The number of rotatable bonds is 4. The molecule has 0 bridgehead atoms. The smallest absolute Gasteiger partial charge is 0.388 e. The van der Waals surface area contributed by atoms with E-state index in [-0.39, 0.29) is 6.61 Å². The van der Waals surface area contributed by atoms with Crippen molar-refractivity contribution < 1.29 is 32.9 Å². The molecule has 0 radical (unpaired) electrons. The van der Waals surface area contributed by atoms with Gasteiger partial charge in [0.15, 0.2) is 11.3 Å². The van der Waals surface area contributed by atoms with E-state index in [1.807, 2.05) is 0 Å². The number of alkyl halides is 3. The van der Waals surface area contributed by atoms with Crippen LogP contribution < -0.4 is 5.32 Å². The maximum atomic E-state index is 13.2. The highest BCUT2D eigenvalue weighted by Crippen LogP contribution is 2.38. The summed E-state index contributed by atoms with van der Waals surface area (Å²) in [4.78, 5) is 3.88. The van der Waals surface area contributed by atoms with E-state index in [0.717, 1.165) is 11.8 Å². The van der Waals surface area contributed by atoms with Gasteiger partial charge in [-0.05, 0) is 6.42 Å². The number of halogens is 3. The van der Waals surface area contributed by atoms with E-state index < -0.39 is 42.1 Å². The number of nitrogens with zero attached hydrogens (tertiary/aromatic N) is 1. The molecular formula is C12H19F3N2O4S. The van der Waals surface area contributed by atoms with E-state index in [2.05, 4.69) is 10.3 Å². The molecule has 0 spiro atoms. The zero-order valence-electron chi connectivity index (χ0n) is 12.1. The molecule has 0 aromatic rings. The highest BCUT2D eigenvalue weighted by atomic mass is 32.2. The number of aliphatic imine (C=N–C) groups is 1. The van der Waals surface area contributed by atoms with E-state index in [9.17, 15) is 23.4 Å². The molecule has 22 heavy (non-hydrogen) atoms. The standard InChI is InChI=1S/C12H19F3N2O4S/c1-3-4-20-9(12(13,14)15)8-7(19)6(18)5-10(21-8)22-11(16-2)17-5/h5-10,18-19H,3-4H2,1-2H3,(H,16,17). The lowest BCUT2D eigenvalue weighted by Crippen LogP contribution is -2.64. The summed E-state index contributed by atoms with van der Waals surface area (Å²) in [6.07, 6.45) is -11.4. The molecule has 128 valence electrons. The van der Waals surface area contributed by atoms with E-state index in [1.54, 1.807) is 6.92 Å². The minimum absolute atomic E-state index is 0.117. The highest BCUT2D eigenvalue weighted by Gasteiger charge is 2.57. The van der Waals surface area contributed by atoms with Crippen molar-refractivity contribution in [2.75, 3.05) is 13.7 Å². The topological polar surface area (TPSA) is 83.3 Å². The molecule has 2 aliphatic rings. The molecule has 6 atom stereocenters. The molecule has 0 saturated carbocycles. The number of fused-ring (bicyclic) bond motifs is 1. The molecule has 0 aromatic heterocycles. The predicted molar refractivity (Wildman–Crippen MR) is 74.6 cm³/mol. The van der Waals surface area contributed by atoms with Gasteiger partial charge in [-0.3, -0.25) is 4.99 Å². The molecule has 0 aromatic carbocycles. The zero-order valence-corrected chi connectivity index (χ0v) is 12.9. The second-order valence-electron chi connectivity index (χ2n) is 5.10. The van der Waals surface area contributed by atoms with Gasteiger partial charge in [-0.1, -0.05) is 18.7 Å². The summed E-state index contributed by atoms with van der Waals surface area (Å²) >= 11 is 1.08. The molecule has 6 unspecified atom stereocenters. The van der Waals surface area contributed by atoms with Gasteiger partial charge in [0.2, 0.25) is 0 Å². The van der Waals surface area contributed by atoms with Crippen molar-refractivity contribution in [1.82, 2.24) is 5.32 Å². The number of thioether (sulfide) groups is 1. The summed E-state index contributed by atoms with van der Waals surface area (Å²) in [5.74, 6) is 0. The van der Waals surface area contributed by atoms with E-state index >= 15 is 0 Å². The fourth-order valence-corrected chi connectivity index (χ4v) is 3.51. The Balaban J connectivity index is 2.19. The van der Waals surface area contributed by atoms with Crippen molar-refractivity contribution in [3.05, 3.63) is 0 Å². The van der Waals surface area contributed by atoms with Gasteiger partial charge in [0.05, 0.1) is 6.04 Å². The van der Waals surface area contributed by atoms with Gasteiger partial charge in [0.1, 0.15) is 23.7 Å². The molecule has 0 aliphatic carbocycles. The lowest BCUT2D eigenvalue weighted by Gasteiger charge is -2.42. The molecule has 2 saturated heterocycles. The molecule has 2 heterocycles. The molecule has 2 aliphatic heterocycles. The minimum Gasteiger partial charge on any atom is -0.388 e. The Morgan fingerprint density at radius 1 is 1.41 bits per heavy atom. The number of aliphatic hydroxyl groups is 2. The van der Waals surface area contributed by atoms with Crippen molar-refractivity contribution >= 4 is 16.9 Å². The van der Waals surface area contributed by atoms with Crippen LogP contribution in [0.3, 0.4) is 0 Å². The first kappa shape index (κ1) is 17.8. The van der Waals surface area contributed by atoms with Gasteiger partial charge < -0.3 is 25.0 Å². The highest BCUT2D eigenvalue weighted by molar-refractivity contribution is 8.14. The van der Waals surface area contributed by atoms with Gasteiger partial charge in [-0.2, -0.15) is 13.2 Å². The first-order valence-corrected chi connectivity index (χ1v) is 7.77. The van der Waals surface area contributed by atoms with Crippen molar-refractivity contribution in [2.45, 2.75) is 55.4 Å². The second-order valence-corrected chi connectivity index (χ2v) is 6.19. The Morgan fingerprint density at radius 3 is 2.64 bits per heavy atom. The van der Waals surface area contributed by atoms with Crippen LogP contribution in [0.15, 0.2) is 4.99 Å². The van der Waals surface area contributed by atoms with E-state index in [4.69, 9.17) is 9.47 Å². The largest absolute Gasteiger partial charge is 0.417 e. The van der Waals surface area contributed by atoms with Crippen molar-refractivity contribution in [3.63, 3.8) is 0 Å². The Kier molecular flexibility index (Phi) is 5.59. The minimum atomic E-state index is -4.70. The summed E-state index contributed by atoms with van der Waals surface area (Å²) < 4.78 is 49.7. The molecule has 0 amide bonds. The quantitative estimate of drug-likeness (QED) is 0.688. The molecule has 6 nitrogen and oxygen atoms in total. The van der Waals surface area contributed by atoms with Crippen LogP contribution in [-0.2, 0) is 9.47 Å². The van der Waals surface area contributed by atoms with Crippen LogP contribution in [0.5, 0.6) is 0 Å². The van der Waals surface area contributed by atoms with Gasteiger partial charge in [-0.15, -0.1) is 0 Å². The lowest BCUT2D eigenvalue weighted by molar-refractivity contribution is -0.284. The van der Waals surface area contributed by atoms with Crippen LogP contribution in [-0.4, -0.2) is 71.1 Å². The zero-order chi connectivity index (χ0) is 16.5. The van der Waals surface area contributed by atoms with Crippen LogP contribution in [0.2, 0.25) is 0 Å². The fraction of sp³-hybridized carbons (Fsp3) is 0.917. The number of amidine groups is 1. The van der Waals surface area contributed by atoms with Crippen molar-refractivity contribution in [3.8, 4) is 0 Å². The van der Waals surface area contributed by atoms with Gasteiger partial charge >= 0.3 is 6.18 Å². The maximum absolute atomic E-state index is 13.2. The third-order valence-electron chi connectivity index (χ3n) is 3.48. The van der Waals surface area contributed by atoms with Crippen LogP contribution >= 0.6 is 11.8 Å². The first-order chi connectivity index (χ1) is 10.3. The lowest BCUT2D eigenvalue weighted by atomic mass is 9.94. The summed E-state index contributed by atoms with van der Waals surface area (Å²) in [6.45, 7) is 1.56. The molecule has 2 rings (SSSR count). The predicted octanol–water partition coefficient (Wildman–Crippen LogP) is 0.481. The molecule has 2 fully saturated rings. The Bertz CT molecular complexity index is 424. The van der Waals surface area contributed by atoms with Crippen molar-refractivity contribution in [2.24, 2.45) is 4.99 Å². The molecule has 10 heteroatoms. The van der Waals surface area contributed by atoms with Crippen LogP contribution in [0.1, 0.15) is 13.3 Å². The summed E-state index contributed by atoms with van der Waals surface area (Å²) in [5.41, 5.74) is -0.767. The normalized spacial score (nSPS) is 38.7. The van der Waals surface area contributed by atoms with Crippen LogP contribution in [0.4, 0.5) is 13.2 Å². The Labute approximate surface area is 130 Å². The first-order valence-electron chi connectivity index (χ1n) is 6.89. The average molecular weight is 344 g/mol.